The molecule has 0 spiro atoms. The third-order valence-electron chi connectivity index (χ3n) is 7.79. The Bertz CT molecular complexity index is 1400. The van der Waals surface area contributed by atoms with Gasteiger partial charge in [0, 0.05) is 19.9 Å². The molecule has 280 valence electrons. The molecular formula is C36H54N2O12. The maximum atomic E-state index is 12.5. The van der Waals surface area contributed by atoms with Crippen LogP contribution in [0.25, 0.3) is 0 Å². The molecule has 14 heteroatoms. The highest BCUT2D eigenvalue weighted by Crippen LogP contribution is 2.29. The Morgan fingerprint density at radius 3 is 1.78 bits per heavy atom. The van der Waals surface area contributed by atoms with Gasteiger partial charge in [0.15, 0.2) is 0 Å². The van der Waals surface area contributed by atoms with Gasteiger partial charge in [0.05, 0.1) is 66.9 Å². The molecule has 1 heterocycles. The molecule has 1 amide bonds. The first-order valence-corrected chi connectivity index (χ1v) is 15.2. The fraction of sp³-hybridized carbons (Fsp3) is 0.500. The van der Waals surface area contributed by atoms with Crippen molar-refractivity contribution in [2.45, 2.75) is 67.6 Å². The molecule has 1 fully saturated rings. The predicted molar refractivity (Wildman–Crippen MR) is 188 cm³/mol. The van der Waals surface area contributed by atoms with Crippen LogP contribution in [0.5, 0.6) is 0 Å². The minimum absolute atomic E-state index is 0. The number of carboxylic acid groups (broad SMARTS) is 1. The van der Waals surface area contributed by atoms with Crippen molar-refractivity contribution in [2.24, 2.45) is 23.7 Å². The first kappa shape index (κ1) is 47.3. The van der Waals surface area contributed by atoms with Crippen LogP contribution in [0, 0.1) is 23.7 Å². The number of para-hydroxylation sites is 2. The topological polar surface area (TPSA) is 207 Å². The molecule has 1 saturated heterocycles. The van der Waals surface area contributed by atoms with Gasteiger partial charge in [0.25, 0.3) is 0 Å². The number of nitrogens with one attached hydrogen (secondary N) is 1. The minimum Gasteiger partial charge on any atom is -0.481 e. The molecule has 0 saturated carbocycles. The predicted octanol–water partition coefficient (Wildman–Crippen LogP) is 5.25. The lowest BCUT2D eigenvalue weighted by Gasteiger charge is -2.26. The Hall–Kier alpha value is -4.82. The smallest absolute Gasteiger partial charge is 0.339 e. The van der Waals surface area contributed by atoms with Gasteiger partial charge in [0.2, 0.25) is 5.91 Å². The average Bonchev–Trinajstić information content (AvgIpc) is 3.33. The first-order valence-electron chi connectivity index (χ1n) is 15.2. The van der Waals surface area contributed by atoms with Crippen molar-refractivity contribution in [1.82, 2.24) is 0 Å². The fourth-order valence-corrected chi connectivity index (χ4v) is 5.00. The number of rotatable bonds is 12. The standard InChI is InChI=1S/C17H23NO6.C9H14O4.C8H9NO2.2CH4/c1-5-13(23-3)14(16(20)21)10(2)15(19)18-12-9-7-6-8-11(12)17(22)24-4;1-4-6(12-3)7-5(2)8(10)13-9(7)11;1-11-8(10)6-4-2-3-5-7(6)9;;/h6-10,13-14H,5H2,1-4H3,(H,18,19)(H,20,21);5-7H,4H2,1-3H3;2-5H,9H2,1H3;2*1H4. The molecule has 2 aromatic carbocycles. The van der Waals surface area contributed by atoms with Crippen molar-refractivity contribution in [1.29, 1.82) is 0 Å². The van der Waals surface area contributed by atoms with E-state index in [0.717, 1.165) is 0 Å². The molecular weight excluding hydrogens is 652 g/mol. The Kier molecular flexibility index (Phi) is 22.2. The number of nitrogens with two attached hydrogens (primary N) is 1. The SMILES string of the molecule is C.C.CCC(OC)C(C(=O)O)C(C)C(=O)Nc1ccccc1C(=O)OC.CCC(OC)C1C(=O)OC(=O)C1C.COC(=O)c1ccccc1N. The molecule has 0 aliphatic carbocycles. The maximum absolute atomic E-state index is 12.5. The molecule has 4 N–H and O–H groups in total. The van der Waals surface area contributed by atoms with E-state index in [2.05, 4.69) is 19.5 Å². The second-order valence-electron chi connectivity index (χ2n) is 10.7. The first-order chi connectivity index (χ1) is 22.7. The van der Waals surface area contributed by atoms with Crippen LogP contribution in [0.15, 0.2) is 48.5 Å². The monoisotopic (exact) mass is 706 g/mol. The van der Waals surface area contributed by atoms with Crippen molar-refractivity contribution in [2.75, 3.05) is 39.5 Å². The number of carboxylic acids is 1. The normalized spacial score (nSPS) is 16.8. The van der Waals surface area contributed by atoms with Gasteiger partial charge in [0.1, 0.15) is 0 Å². The van der Waals surface area contributed by atoms with E-state index < -0.39 is 59.6 Å². The molecule has 0 bridgehead atoms. The number of cyclic esters (lactones) is 2. The number of ether oxygens (including phenoxy) is 5. The Morgan fingerprint density at radius 2 is 1.36 bits per heavy atom. The number of methoxy groups -OCH3 is 4. The van der Waals surface area contributed by atoms with Crippen LogP contribution in [0.4, 0.5) is 11.4 Å². The molecule has 6 atom stereocenters. The number of carbonyl (C=O) groups is 6. The summed E-state index contributed by atoms with van der Waals surface area (Å²) in [4.78, 5) is 69.0. The van der Waals surface area contributed by atoms with E-state index in [-0.39, 0.29) is 38.1 Å². The van der Waals surface area contributed by atoms with Crippen molar-refractivity contribution in [3.63, 3.8) is 0 Å². The number of carbonyl (C=O) groups excluding carboxylic acids is 5. The molecule has 14 nitrogen and oxygen atoms in total. The number of hydrogen-bond donors (Lipinski definition) is 3. The number of hydrogen-bond acceptors (Lipinski definition) is 12. The van der Waals surface area contributed by atoms with Crippen molar-refractivity contribution in [3.8, 4) is 0 Å². The summed E-state index contributed by atoms with van der Waals surface area (Å²) in [5.74, 6) is -6.14. The number of anilines is 2. The van der Waals surface area contributed by atoms with Crippen molar-refractivity contribution < 1.29 is 57.6 Å². The summed E-state index contributed by atoms with van der Waals surface area (Å²) in [6.07, 6.45) is 0.366. The highest BCUT2D eigenvalue weighted by Gasteiger charge is 2.45. The number of nitrogen functional groups attached to an aromatic ring is 1. The number of aliphatic carboxylic acids is 1. The summed E-state index contributed by atoms with van der Waals surface area (Å²) in [6.45, 7) is 6.92. The van der Waals surface area contributed by atoms with Crippen molar-refractivity contribution >= 4 is 47.1 Å². The van der Waals surface area contributed by atoms with E-state index in [1.807, 2.05) is 6.92 Å². The molecule has 3 rings (SSSR count). The third-order valence-corrected chi connectivity index (χ3v) is 7.79. The minimum atomic E-state index is -1.10. The van der Waals surface area contributed by atoms with Crippen LogP contribution in [-0.4, -0.2) is 81.5 Å². The van der Waals surface area contributed by atoms with E-state index in [1.54, 1.807) is 56.3 Å². The van der Waals surface area contributed by atoms with Gasteiger partial charge in [-0.25, -0.2) is 9.59 Å². The van der Waals surface area contributed by atoms with E-state index in [0.29, 0.717) is 24.1 Å². The lowest BCUT2D eigenvalue weighted by Crippen LogP contribution is -2.40. The fourth-order valence-electron chi connectivity index (χ4n) is 5.00. The summed E-state index contributed by atoms with van der Waals surface area (Å²) in [5, 5.41) is 12.0. The molecule has 0 radical (unpaired) electrons. The van der Waals surface area contributed by atoms with Crippen LogP contribution in [0.1, 0.15) is 76.1 Å². The maximum Gasteiger partial charge on any atom is 0.339 e. The largest absolute Gasteiger partial charge is 0.481 e. The second-order valence-corrected chi connectivity index (χ2v) is 10.7. The Morgan fingerprint density at radius 1 is 0.840 bits per heavy atom. The van der Waals surface area contributed by atoms with Gasteiger partial charge >= 0.3 is 29.8 Å². The molecule has 50 heavy (non-hydrogen) atoms. The summed E-state index contributed by atoms with van der Waals surface area (Å²) in [5.41, 5.74) is 6.83. The van der Waals surface area contributed by atoms with Crippen molar-refractivity contribution in [3.05, 3.63) is 59.7 Å². The molecule has 1 aliphatic heterocycles. The lowest BCUT2D eigenvalue weighted by atomic mass is 9.86. The highest BCUT2D eigenvalue weighted by molar-refractivity contribution is 6.02. The summed E-state index contributed by atoms with van der Waals surface area (Å²) in [6, 6.07) is 13.2. The van der Waals surface area contributed by atoms with Gasteiger partial charge < -0.3 is 39.8 Å². The van der Waals surface area contributed by atoms with Gasteiger partial charge in [-0.05, 0) is 37.1 Å². The number of esters is 4. The molecule has 2 aromatic rings. The zero-order valence-electron chi connectivity index (χ0n) is 28.5. The molecule has 1 aliphatic rings. The molecule has 0 aromatic heterocycles. The van der Waals surface area contributed by atoms with Gasteiger partial charge in [-0.1, -0.05) is 66.8 Å². The van der Waals surface area contributed by atoms with Crippen LogP contribution in [0.2, 0.25) is 0 Å². The lowest BCUT2D eigenvalue weighted by molar-refractivity contribution is -0.155. The number of benzene rings is 2. The van der Waals surface area contributed by atoms with E-state index in [9.17, 15) is 33.9 Å². The molecule has 6 unspecified atom stereocenters. The highest BCUT2D eigenvalue weighted by atomic mass is 16.6. The van der Waals surface area contributed by atoms with E-state index in [4.69, 9.17) is 15.2 Å². The summed E-state index contributed by atoms with van der Waals surface area (Å²) in [7, 11) is 5.53. The van der Waals surface area contributed by atoms with Crippen LogP contribution in [-0.2, 0) is 42.9 Å². The van der Waals surface area contributed by atoms with Gasteiger partial charge in [-0.3, -0.25) is 19.2 Å². The average molecular weight is 707 g/mol. The van der Waals surface area contributed by atoms with Crippen LogP contribution in [0.3, 0.4) is 0 Å². The summed E-state index contributed by atoms with van der Waals surface area (Å²) >= 11 is 0. The third kappa shape index (κ3) is 12.9. The van der Waals surface area contributed by atoms with Crippen LogP contribution < -0.4 is 11.1 Å². The van der Waals surface area contributed by atoms with Gasteiger partial charge in [-0.15, -0.1) is 0 Å². The Labute approximate surface area is 294 Å². The second kappa shape index (κ2) is 23.5. The number of amides is 1. The van der Waals surface area contributed by atoms with E-state index >= 15 is 0 Å². The quantitative estimate of drug-likeness (QED) is 0.112. The van der Waals surface area contributed by atoms with E-state index in [1.165, 1.54) is 41.4 Å². The Balaban J connectivity index is 0. The van der Waals surface area contributed by atoms with Crippen LogP contribution >= 0.6 is 0 Å². The summed E-state index contributed by atoms with van der Waals surface area (Å²) < 4.78 is 24.0. The zero-order valence-corrected chi connectivity index (χ0v) is 28.5. The van der Waals surface area contributed by atoms with Gasteiger partial charge in [-0.2, -0.15) is 0 Å². The zero-order chi connectivity index (χ0) is 36.6.